The van der Waals surface area contributed by atoms with Crippen molar-refractivity contribution < 1.29 is 9.59 Å². The number of hydrogen-bond acceptors (Lipinski definition) is 4. The Bertz CT molecular complexity index is 862. The van der Waals surface area contributed by atoms with Crippen LogP contribution in [-0.4, -0.2) is 52.6 Å². The van der Waals surface area contributed by atoms with E-state index in [0.717, 1.165) is 49.0 Å². The number of likely N-dealkylation sites (tertiary alicyclic amines) is 1. The lowest BCUT2D eigenvalue weighted by molar-refractivity contribution is -0.134. The highest BCUT2D eigenvalue weighted by molar-refractivity contribution is 5.94. The van der Waals surface area contributed by atoms with E-state index in [2.05, 4.69) is 27.8 Å². The molecule has 4 rings (SSSR count). The molecule has 0 spiro atoms. The lowest BCUT2D eigenvalue weighted by atomic mass is 9.93. The monoisotopic (exact) mass is 431 g/mol. The standard InChI is InChI=1S/C22H29N5O2.ClH/c1-2-17(15-6-4-3-5-7-15)22(29)27-12-9-16(10-13-27)24-21(28)20-18-14-23-11-8-19(18)25-26-20;/h3-7,16-17,23H,2,8-14H2,1H3,(H,24,28)(H,25,26);1H. The van der Waals surface area contributed by atoms with E-state index in [-0.39, 0.29) is 36.2 Å². The molecule has 30 heavy (non-hydrogen) atoms. The number of halogens is 1. The number of carbonyl (C=O) groups is 2. The van der Waals surface area contributed by atoms with Gasteiger partial charge in [0.25, 0.3) is 5.91 Å². The Morgan fingerprint density at radius 3 is 2.67 bits per heavy atom. The third-order valence-electron chi connectivity index (χ3n) is 6.07. The number of nitrogens with one attached hydrogen (secondary N) is 3. The fourth-order valence-electron chi connectivity index (χ4n) is 4.37. The van der Waals surface area contributed by atoms with Gasteiger partial charge in [0.05, 0.1) is 5.92 Å². The Morgan fingerprint density at radius 1 is 1.23 bits per heavy atom. The SMILES string of the molecule is CCC(C(=O)N1CCC(NC(=O)c2n[nH]c3c2CNCC3)CC1)c1ccccc1.Cl. The summed E-state index contributed by atoms with van der Waals surface area (Å²) < 4.78 is 0. The van der Waals surface area contributed by atoms with Crippen LogP contribution in [0.4, 0.5) is 0 Å². The summed E-state index contributed by atoms with van der Waals surface area (Å²) in [7, 11) is 0. The fourth-order valence-corrected chi connectivity index (χ4v) is 4.37. The van der Waals surface area contributed by atoms with Crippen LogP contribution in [0.1, 0.15) is 59.4 Å². The number of aromatic nitrogens is 2. The van der Waals surface area contributed by atoms with Gasteiger partial charge in [0, 0.05) is 49.9 Å². The van der Waals surface area contributed by atoms with Gasteiger partial charge in [-0.25, -0.2) is 0 Å². The molecule has 1 fully saturated rings. The van der Waals surface area contributed by atoms with Crippen LogP contribution in [0.15, 0.2) is 30.3 Å². The van der Waals surface area contributed by atoms with E-state index in [1.165, 1.54) is 0 Å². The topological polar surface area (TPSA) is 90.1 Å². The lowest BCUT2D eigenvalue weighted by Gasteiger charge is -2.34. The summed E-state index contributed by atoms with van der Waals surface area (Å²) in [5.41, 5.74) is 3.61. The highest BCUT2D eigenvalue weighted by atomic mass is 35.5. The van der Waals surface area contributed by atoms with Crippen molar-refractivity contribution in [3.8, 4) is 0 Å². The zero-order chi connectivity index (χ0) is 20.2. The van der Waals surface area contributed by atoms with E-state index in [0.29, 0.717) is 25.3 Å². The molecule has 0 radical (unpaired) electrons. The van der Waals surface area contributed by atoms with Crippen molar-refractivity contribution in [2.45, 2.75) is 51.1 Å². The number of amides is 2. The third kappa shape index (κ3) is 4.68. The smallest absolute Gasteiger partial charge is 0.272 e. The maximum atomic E-state index is 13.0. The van der Waals surface area contributed by atoms with Crippen molar-refractivity contribution in [3.63, 3.8) is 0 Å². The molecule has 0 saturated carbocycles. The molecular formula is C22H30ClN5O2. The van der Waals surface area contributed by atoms with Crippen molar-refractivity contribution in [2.75, 3.05) is 19.6 Å². The predicted octanol–water partition coefficient (Wildman–Crippen LogP) is 2.39. The van der Waals surface area contributed by atoms with E-state index in [9.17, 15) is 9.59 Å². The van der Waals surface area contributed by atoms with Crippen LogP contribution in [0.3, 0.4) is 0 Å². The summed E-state index contributed by atoms with van der Waals surface area (Å²) in [6, 6.07) is 10.1. The van der Waals surface area contributed by atoms with E-state index in [4.69, 9.17) is 0 Å². The average molecular weight is 432 g/mol. The van der Waals surface area contributed by atoms with Crippen molar-refractivity contribution >= 4 is 24.2 Å². The van der Waals surface area contributed by atoms with Crippen molar-refractivity contribution in [1.82, 2.24) is 25.7 Å². The van der Waals surface area contributed by atoms with Crippen LogP contribution in [-0.2, 0) is 17.8 Å². The van der Waals surface area contributed by atoms with Gasteiger partial charge in [0.15, 0.2) is 5.69 Å². The highest BCUT2D eigenvalue weighted by Crippen LogP contribution is 2.24. The van der Waals surface area contributed by atoms with Crippen LogP contribution >= 0.6 is 12.4 Å². The Hall–Kier alpha value is -2.38. The Balaban J connectivity index is 0.00000256. The van der Waals surface area contributed by atoms with E-state index in [1.807, 2.05) is 35.2 Å². The fraction of sp³-hybridized carbons (Fsp3) is 0.500. The molecular weight excluding hydrogens is 402 g/mol. The van der Waals surface area contributed by atoms with Gasteiger partial charge < -0.3 is 15.5 Å². The number of rotatable bonds is 5. The molecule has 8 heteroatoms. The zero-order valence-electron chi connectivity index (χ0n) is 17.3. The average Bonchev–Trinajstić information content (AvgIpc) is 3.20. The molecule has 2 aromatic rings. The first kappa shape index (κ1) is 22.3. The van der Waals surface area contributed by atoms with Crippen molar-refractivity contribution in [3.05, 3.63) is 52.8 Å². The van der Waals surface area contributed by atoms with Crippen LogP contribution in [0, 0.1) is 0 Å². The van der Waals surface area contributed by atoms with Gasteiger partial charge in [0.2, 0.25) is 5.91 Å². The first-order chi connectivity index (χ1) is 14.2. The van der Waals surface area contributed by atoms with Gasteiger partial charge in [-0.1, -0.05) is 37.3 Å². The minimum atomic E-state index is -0.119. The Labute approximate surface area is 183 Å². The number of nitrogens with zero attached hydrogens (tertiary/aromatic N) is 2. The first-order valence-electron chi connectivity index (χ1n) is 10.6. The second kappa shape index (κ2) is 10.1. The second-order valence-electron chi connectivity index (χ2n) is 7.90. The molecule has 3 heterocycles. The minimum Gasteiger partial charge on any atom is -0.348 e. The summed E-state index contributed by atoms with van der Waals surface area (Å²) in [6.07, 6.45) is 3.20. The third-order valence-corrected chi connectivity index (χ3v) is 6.07. The van der Waals surface area contributed by atoms with Gasteiger partial charge in [0.1, 0.15) is 0 Å². The zero-order valence-corrected chi connectivity index (χ0v) is 18.1. The normalized spacial score (nSPS) is 17.6. The van der Waals surface area contributed by atoms with Gasteiger partial charge >= 0.3 is 0 Å². The number of hydrogen-bond donors (Lipinski definition) is 3. The molecule has 2 aliphatic rings. The van der Waals surface area contributed by atoms with E-state index in [1.54, 1.807) is 0 Å². The Kier molecular flexibility index (Phi) is 7.50. The molecule has 0 bridgehead atoms. The summed E-state index contributed by atoms with van der Waals surface area (Å²) in [4.78, 5) is 27.7. The van der Waals surface area contributed by atoms with Gasteiger partial charge in [-0.2, -0.15) is 5.10 Å². The number of H-pyrrole nitrogens is 1. The maximum absolute atomic E-state index is 13.0. The number of carbonyl (C=O) groups excluding carboxylic acids is 2. The van der Waals surface area contributed by atoms with Crippen LogP contribution in [0.2, 0.25) is 0 Å². The molecule has 1 aromatic carbocycles. The largest absolute Gasteiger partial charge is 0.348 e. The molecule has 1 saturated heterocycles. The number of aromatic amines is 1. The van der Waals surface area contributed by atoms with Gasteiger partial charge in [-0.05, 0) is 24.8 Å². The lowest BCUT2D eigenvalue weighted by Crippen LogP contribution is -2.48. The molecule has 2 aliphatic heterocycles. The Morgan fingerprint density at radius 2 is 1.97 bits per heavy atom. The van der Waals surface area contributed by atoms with Crippen LogP contribution < -0.4 is 10.6 Å². The molecule has 2 amide bonds. The molecule has 7 nitrogen and oxygen atoms in total. The van der Waals surface area contributed by atoms with E-state index < -0.39 is 0 Å². The quantitative estimate of drug-likeness (QED) is 0.678. The molecule has 1 atom stereocenters. The van der Waals surface area contributed by atoms with Gasteiger partial charge in [-0.3, -0.25) is 14.7 Å². The summed E-state index contributed by atoms with van der Waals surface area (Å²) >= 11 is 0. The number of fused-ring (bicyclic) bond motifs is 1. The maximum Gasteiger partial charge on any atom is 0.272 e. The number of piperidine rings is 1. The molecule has 1 aromatic heterocycles. The molecule has 1 unspecified atom stereocenters. The first-order valence-corrected chi connectivity index (χ1v) is 10.6. The molecule has 3 N–H and O–H groups in total. The van der Waals surface area contributed by atoms with E-state index >= 15 is 0 Å². The highest BCUT2D eigenvalue weighted by Gasteiger charge is 2.30. The molecule has 162 valence electrons. The van der Waals surface area contributed by atoms with Crippen molar-refractivity contribution in [1.29, 1.82) is 0 Å². The van der Waals surface area contributed by atoms with Gasteiger partial charge in [-0.15, -0.1) is 12.4 Å². The summed E-state index contributed by atoms with van der Waals surface area (Å²) in [5.74, 6) is -0.0203. The summed E-state index contributed by atoms with van der Waals surface area (Å²) in [5, 5.41) is 13.6. The number of benzene rings is 1. The predicted molar refractivity (Wildman–Crippen MR) is 118 cm³/mol. The second-order valence-corrected chi connectivity index (χ2v) is 7.90. The minimum absolute atomic E-state index is 0. The summed E-state index contributed by atoms with van der Waals surface area (Å²) in [6.45, 7) is 4.99. The van der Waals surface area contributed by atoms with Crippen LogP contribution in [0.5, 0.6) is 0 Å². The van der Waals surface area contributed by atoms with Crippen LogP contribution in [0.25, 0.3) is 0 Å². The molecule has 0 aliphatic carbocycles. The van der Waals surface area contributed by atoms with Crippen molar-refractivity contribution in [2.24, 2.45) is 0 Å².